The Labute approximate surface area is 84.2 Å². The minimum absolute atomic E-state index is 0.273. The lowest BCUT2D eigenvalue weighted by molar-refractivity contribution is 0.110. The second-order valence-electron chi connectivity index (χ2n) is 2.60. The molecule has 0 aliphatic carbocycles. The highest BCUT2D eigenvalue weighted by Crippen LogP contribution is 2.28. The molecule has 0 aliphatic rings. The van der Waals surface area contributed by atoms with Gasteiger partial charge in [0.05, 0.1) is 0 Å². The maximum Gasteiger partial charge on any atom is 0.185 e. The van der Waals surface area contributed by atoms with Crippen LogP contribution in [-0.4, -0.2) is 6.29 Å². The van der Waals surface area contributed by atoms with Crippen LogP contribution in [0.5, 0.6) is 0 Å². The normalized spacial score (nSPS) is 9.64. The van der Waals surface area contributed by atoms with E-state index in [1.165, 1.54) is 11.3 Å². The number of furan rings is 1. The fraction of sp³-hybridized carbons (Fsp3) is 0. The zero-order chi connectivity index (χ0) is 9.97. The highest BCUT2D eigenvalue weighted by molar-refractivity contribution is 7.11. The van der Waals surface area contributed by atoms with Crippen molar-refractivity contribution in [1.29, 1.82) is 5.26 Å². The Balaban J connectivity index is 2.50. The molecule has 68 valence electrons. The van der Waals surface area contributed by atoms with E-state index in [0.29, 0.717) is 16.9 Å². The number of hydrogen-bond donors (Lipinski definition) is 0. The average Bonchev–Trinajstić information content (AvgIpc) is 2.85. The lowest BCUT2D eigenvalue weighted by Crippen LogP contribution is -1.73. The van der Waals surface area contributed by atoms with Crippen LogP contribution >= 0.6 is 11.3 Å². The quantitative estimate of drug-likeness (QED) is 0.705. The number of aldehydes is 1. The summed E-state index contributed by atoms with van der Waals surface area (Å²) in [6.45, 7) is 0. The van der Waals surface area contributed by atoms with Crippen molar-refractivity contribution in [2.45, 2.75) is 0 Å². The molecule has 2 aromatic heterocycles. The molecule has 0 radical (unpaired) electrons. The summed E-state index contributed by atoms with van der Waals surface area (Å²) in [7, 11) is 0. The van der Waals surface area contributed by atoms with Gasteiger partial charge >= 0.3 is 0 Å². The van der Waals surface area contributed by atoms with E-state index in [1.807, 2.05) is 5.38 Å². The van der Waals surface area contributed by atoms with Gasteiger partial charge < -0.3 is 4.42 Å². The van der Waals surface area contributed by atoms with Crippen LogP contribution in [0.15, 0.2) is 28.0 Å². The number of thiophene rings is 1. The Bertz CT molecular complexity index is 504. The Hall–Kier alpha value is -1.86. The molecule has 2 aromatic rings. The average molecular weight is 203 g/mol. The van der Waals surface area contributed by atoms with Crippen LogP contribution in [0.4, 0.5) is 0 Å². The maximum atomic E-state index is 10.4. The van der Waals surface area contributed by atoms with Gasteiger partial charge in [0.1, 0.15) is 16.7 Å². The van der Waals surface area contributed by atoms with E-state index >= 15 is 0 Å². The molecule has 0 unspecified atom stereocenters. The number of nitriles is 1. The number of carbonyl (C=O) groups excluding carboxylic acids is 1. The molecule has 0 aliphatic heterocycles. The SMILES string of the molecule is N#Cc1sccc1-c1ccc(C=O)o1. The molecule has 14 heavy (non-hydrogen) atoms. The molecule has 0 atom stereocenters. The van der Waals surface area contributed by atoms with Crippen LogP contribution in [0.25, 0.3) is 11.3 Å². The van der Waals surface area contributed by atoms with Gasteiger partial charge in [-0.3, -0.25) is 4.79 Å². The molecular formula is C10H5NO2S. The summed E-state index contributed by atoms with van der Waals surface area (Å²) < 4.78 is 5.21. The fourth-order valence-corrected chi connectivity index (χ4v) is 1.84. The molecule has 2 heterocycles. The number of rotatable bonds is 2. The Morgan fingerprint density at radius 1 is 1.43 bits per heavy atom. The van der Waals surface area contributed by atoms with E-state index in [1.54, 1.807) is 18.2 Å². The highest BCUT2D eigenvalue weighted by Gasteiger charge is 2.09. The molecular weight excluding hydrogens is 198 g/mol. The predicted octanol–water partition coefficient (Wildman–Crippen LogP) is 2.69. The Morgan fingerprint density at radius 2 is 2.29 bits per heavy atom. The van der Waals surface area contributed by atoms with Crippen LogP contribution in [0, 0.1) is 11.3 Å². The standard InChI is InChI=1S/C10H5NO2S/c11-5-10-8(3-4-14-10)9-2-1-7(6-12)13-9/h1-4,6H. The first kappa shape index (κ1) is 8.73. The van der Waals surface area contributed by atoms with E-state index in [0.717, 1.165) is 5.56 Å². The summed E-state index contributed by atoms with van der Waals surface area (Å²) in [6.07, 6.45) is 0.641. The molecule has 2 rings (SSSR count). The van der Waals surface area contributed by atoms with Crippen molar-refractivity contribution in [3.05, 3.63) is 34.2 Å². The Kier molecular flexibility index (Phi) is 2.17. The van der Waals surface area contributed by atoms with Crippen molar-refractivity contribution in [2.24, 2.45) is 0 Å². The Morgan fingerprint density at radius 3 is 2.93 bits per heavy atom. The first-order valence-corrected chi connectivity index (χ1v) is 4.76. The van der Waals surface area contributed by atoms with Crippen molar-refractivity contribution in [1.82, 2.24) is 0 Å². The van der Waals surface area contributed by atoms with Gasteiger partial charge in [0, 0.05) is 5.56 Å². The van der Waals surface area contributed by atoms with Gasteiger partial charge in [-0.05, 0) is 23.6 Å². The molecule has 0 bridgehead atoms. The minimum atomic E-state index is 0.273. The lowest BCUT2D eigenvalue weighted by atomic mass is 10.2. The first-order chi connectivity index (χ1) is 6.85. The molecule has 0 fully saturated rings. The monoisotopic (exact) mass is 203 g/mol. The van der Waals surface area contributed by atoms with E-state index < -0.39 is 0 Å². The van der Waals surface area contributed by atoms with Gasteiger partial charge in [0.15, 0.2) is 12.0 Å². The molecule has 0 saturated carbocycles. The van der Waals surface area contributed by atoms with Crippen LogP contribution < -0.4 is 0 Å². The van der Waals surface area contributed by atoms with Crippen molar-refractivity contribution in [3.63, 3.8) is 0 Å². The third-order valence-electron chi connectivity index (χ3n) is 1.78. The third-order valence-corrected chi connectivity index (χ3v) is 2.59. The van der Waals surface area contributed by atoms with Crippen LogP contribution in [0.1, 0.15) is 15.4 Å². The third kappa shape index (κ3) is 1.34. The van der Waals surface area contributed by atoms with Crippen LogP contribution in [-0.2, 0) is 0 Å². The van der Waals surface area contributed by atoms with E-state index in [-0.39, 0.29) is 5.76 Å². The van der Waals surface area contributed by atoms with Crippen molar-refractivity contribution < 1.29 is 9.21 Å². The summed E-state index contributed by atoms with van der Waals surface area (Å²) >= 11 is 1.35. The van der Waals surface area contributed by atoms with Gasteiger partial charge in [0.2, 0.25) is 0 Å². The van der Waals surface area contributed by atoms with Crippen LogP contribution in [0.2, 0.25) is 0 Å². The highest BCUT2D eigenvalue weighted by atomic mass is 32.1. The summed E-state index contributed by atoms with van der Waals surface area (Å²) in [5, 5.41) is 10.6. The second kappa shape index (κ2) is 3.48. The zero-order valence-corrected chi connectivity index (χ0v) is 7.88. The molecule has 0 saturated heterocycles. The molecule has 4 heteroatoms. The lowest BCUT2D eigenvalue weighted by Gasteiger charge is -1.90. The van der Waals surface area contributed by atoms with Crippen molar-refractivity contribution >= 4 is 17.6 Å². The van der Waals surface area contributed by atoms with Gasteiger partial charge in [-0.1, -0.05) is 0 Å². The number of carbonyl (C=O) groups is 1. The molecule has 0 aromatic carbocycles. The zero-order valence-electron chi connectivity index (χ0n) is 7.06. The van der Waals surface area contributed by atoms with Gasteiger partial charge in [-0.2, -0.15) is 5.26 Å². The summed E-state index contributed by atoms with van der Waals surface area (Å²) in [4.78, 5) is 11.0. The summed E-state index contributed by atoms with van der Waals surface area (Å²) in [6, 6.07) is 7.15. The number of hydrogen-bond acceptors (Lipinski definition) is 4. The second-order valence-corrected chi connectivity index (χ2v) is 3.51. The largest absolute Gasteiger partial charge is 0.453 e. The van der Waals surface area contributed by atoms with E-state index in [4.69, 9.17) is 9.68 Å². The van der Waals surface area contributed by atoms with Gasteiger partial charge in [0.25, 0.3) is 0 Å². The molecule has 0 N–H and O–H groups in total. The maximum absolute atomic E-state index is 10.4. The van der Waals surface area contributed by atoms with E-state index in [9.17, 15) is 4.79 Å². The van der Waals surface area contributed by atoms with E-state index in [2.05, 4.69) is 6.07 Å². The van der Waals surface area contributed by atoms with Crippen LogP contribution in [0.3, 0.4) is 0 Å². The smallest absolute Gasteiger partial charge is 0.185 e. The van der Waals surface area contributed by atoms with Crippen molar-refractivity contribution in [3.8, 4) is 17.4 Å². The molecule has 0 amide bonds. The predicted molar refractivity (Wildman–Crippen MR) is 52.1 cm³/mol. The summed E-state index contributed by atoms with van der Waals surface area (Å²) in [5.74, 6) is 0.833. The van der Waals surface area contributed by atoms with Gasteiger partial charge in [-0.15, -0.1) is 11.3 Å². The topological polar surface area (TPSA) is 54.0 Å². The first-order valence-electron chi connectivity index (χ1n) is 3.88. The number of nitrogens with zero attached hydrogens (tertiary/aromatic N) is 1. The van der Waals surface area contributed by atoms with Gasteiger partial charge in [-0.25, -0.2) is 0 Å². The molecule has 0 spiro atoms. The fourth-order valence-electron chi connectivity index (χ4n) is 1.15. The molecule has 3 nitrogen and oxygen atoms in total. The minimum Gasteiger partial charge on any atom is -0.453 e. The van der Waals surface area contributed by atoms with Crippen molar-refractivity contribution in [2.75, 3.05) is 0 Å². The summed E-state index contributed by atoms with van der Waals surface area (Å²) in [5.41, 5.74) is 0.741.